The van der Waals surface area contributed by atoms with Crippen LogP contribution in [0.15, 0.2) is 36.7 Å². The molecule has 1 N–H and O–H groups in total. The van der Waals surface area contributed by atoms with Gasteiger partial charge >= 0.3 is 0 Å². The number of ether oxygens (including phenoxy) is 2. The Bertz CT molecular complexity index is 605. The molecule has 23 heavy (non-hydrogen) atoms. The van der Waals surface area contributed by atoms with Gasteiger partial charge in [-0.05, 0) is 48.7 Å². The van der Waals surface area contributed by atoms with E-state index in [2.05, 4.69) is 17.2 Å². The zero-order valence-electron chi connectivity index (χ0n) is 13.6. The molecule has 1 aromatic heterocycles. The van der Waals surface area contributed by atoms with E-state index < -0.39 is 0 Å². The molecule has 0 saturated heterocycles. The summed E-state index contributed by atoms with van der Waals surface area (Å²) in [6.45, 7) is 6.69. The van der Waals surface area contributed by atoms with Gasteiger partial charge in [-0.3, -0.25) is 4.98 Å². The van der Waals surface area contributed by atoms with E-state index >= 15 is 0 Å². The third-order valence-electron chi connectivity index (χ3n) is 3.23. The summed E-state index contributed by atoms with van der Waals surface area (Å²) in [4.78, 5) is 4.01. The summed E-state index contributed by atoms with van der Waals surface area (Å²) in [5.74, 6) is 1.34. The van der Waals surface area contributed by atoms with Crippen LogP contribution >= 0.6 is 11.6 Å². The monoisotopic (exact) mass is 334 g/mol. The molecular formula is C18H23ClN2O2. The van der Waals surface area contributed by atoms with Crippen LogP contribution in [-0.4, -0.2) is 18.2 Å². The van der Waals surface area contributed by atoms with Crippen molar-refractivity contribution in [2.45, 2.75) is 33.4 Å². The van der Waals surface area contributed by atoms with Gasteiger partial charge < -0.3 is 14.8 Å². The average Bonchev–Trinajstić information content (AvgIpc) is 2.55. The molecule has 0 spiro atoms. The highest BCUT2D eigenvalue weighted by Gasteiger charge is 2.12. The second-order valence-corrected chi connectivity index (χ2v) is 5.55. The van der Waals surface area contributed by atoms with Crippen molar-refractivity contribution in [3.63, 3.8) is 0 Å². The lowest BCUT2D eigenvalue weighted by Crippen LogP contribution is -2.13. The van der Waals surface area contributed by atoms with Gasteiger partial charge in [0, 0.05) is 25.5 Å². The Hall–Kier alpha value is -1.78. The van der Waals surface area contributed by atoms with Gasteiger partial charge in [0.05, 0.1) is 18.2 Å². The fourth-order valence-corrected chi connectivity index (χ4v) is 2.47. The van der Waals surface area contributed by atoms with Crippen molar-refractivity contribution < 1.29 is 9.47 Å². The van der Waals surface area contributed by atoms with E-state index in [-0.39, 0.29) is 0 Å². The van der Waals surface area contributed by atoms with Gasteiger partial charge in [0.1, 0.15) is 0 Å². The SMILES string of the molecule is CCCOc1c(Cl)cc(CNCc2ccncc2)cc1OCC. The molecule has 0 aliphatic rings. The molecule has 0 fully saturated rings. The van der Waals surface area contributed by atoms with Crippen LogP contribution in [0.2, 0.25) is 5.02 Å². The zero-order chi connectivity index (χ0) is 16.5. The van der Waals surface area contributed by atoms with Gasteiger partial charge in [0.15, 0.2) is 11.5 Å². The molecule has 0 radical (unpaired) electrons. The summed E-state index contributed by atoms with van der Waals surface area (Å²) >= 11 is 6.36. The number of benzene rings is 1. The minimum absolute atomic E-state index is 0.576. The molecule has 4 nitrogen and oxygen atoms in total. The largest absolute Gasteiger partial charge is 0.490 e. The van der Waals surface area contributed by atoms with Gasteiger partial charge in [-0.1, -0.05) is 18.5 Å². The molecule has 0 aliphatic carbocycles. The van der Waals surface area contributed by atoms with Gasteiger partial charge in [-0.15, -0.1) is 0 Å². The summed E-state index contributed by atoms with van der Waals surface area (Å²) in [5, 5.41) is 3.98. The third kappa shape index (κ3) is 5.41. The maximum atomic E-state index is 6.36. The number of nitrogens with one attached hydrogen (secondary N) is 1. The third-order valence-corrected chi connectivity index (χ3v) is 3.51. The van der Waals surface area contributed by atoms with Crippen molar-refractivity contribution in [2.75, 3.05) is 13.2 Å². The van der Waals surface area contributed by atoms with E-state index in [1.54, 1.807) is 12.4 Å². The zero-order valence-corrected chi connectivity index (χ0v) is 14.4. The van der Waals surface area contributed by atoms with Gasteiger partial charge in [-0.2, -0.15) is 0 Å². The minimum atomic E-state index is 0.576. The van der Waals surface area contributed by atoms with E-state index in [0.29, 0.717) is 36.3 Å². The Labute approximate surface area is 142 Å². The second kappa shape index (κ2) is 9.38. The first kappa shape index (κ1) is 17.6. The fourth-order valence-electron chi connectivity index (χ4n) is 2.18. The Morgan fingerprint density at radius 3 is 2.48 bits per heavy atom. The summed E-state index contributed by atoms with van der Waals surface area (Å²) in [7, 11) is 0. The lowest BCUT2D eigenvalue weighted by Gasteiger charge is -2.15. The van der Waals surface area contributed by atoms with Gasteiger partial charge in [0.25, 0.3) is 0 Å². The van der Waals surface area contributed by atoms with Crippen LogP contribution in [0.5, 0.6) is 11.5 Å². The van der Waals surface area contributed by atoms with Crippen molar-refractivity contribution in [2.24, 2.45) is 0 Å². The first-order valence-corrected chi connectivity index (χ1v) is 8.30. The molecule has 0 unspecified atom stereocenters. The van der Waals surface area contributed by atoms with Crippen LogP contribution in [0, 0.1) is 0 Å². The first-order chi connectivity index (χ1) is 11.2. The lowest BCUT2D eigenvalue weighted by atomic mass is 10.2. The second-order valence-electron chi connectivity index (χ2n) is 5.15. The molecule has 0 amide bonds. The maximum absolute atomic E-state index is 6.36. The van der Waals surface area contributed by atoms with Crippen molar-refractivity contribution in [1.29, 1.82) is 0 Å². The minimum Gasteiger partial charge on any atom is -0.490 e. The molecule has 1 aromatic carbocycles. The van der Waals surface area contributed by atoms with Crippen LogP contribution in [0.25, 0.3) is 0 Å². The molecule has 2 aromatic rings. The summed E-state index contributed by atoms with van der Waals surface area (Å²) < 4.78 is 11.4. The van der Waals surface area contributed by atoms with E-state index in [1.807, 2.05) is 31.2 Å². The summed E-state index contributed by atoms with van der Waals surface area (Å²) in [6, 6.07) is 7.90. The molecular weight excluding hydrogens is 312 g/mol. The number of rotatable bonds is 9. The molecule has 0 aliphatic heterocycles. The molecule has 2 rings (SSSR count). The quantitative estimate of drug-likeness (QED) is 0.746. The van der Waals surface area contributed by atoms with Crippen LogP contribution in [-0.2, 0) is 13.1 Å². The summed E-state index contributed by atoms with van der Waals surface area (Å²) in [5.41, 5.74) is 2.26. The Kier molecular flexibility index (Phi) is 7.17. The Morgan fingerprint density at radius 2 is 1.78 bits per heavy atom. The normalized spacial score (nSPS) is 10.6. The van der Waals surface area contributed by atoms with Gasteiger partial charge in [0.2, 0.25) is 0 Å². The first-order valence-electron chi connectivity index (χ1n) is 7.92. The summed E-state index contributed by atoms with van der Waals surface area (Å²) in [6.07, 6.45) is 4.51. The molecule has 0 bridgehead atoms. The van der Waals surface area contributed by atoms with Crippen LogP contribution in [0.3, 0.4) is 0 Å². The Morgan fingerprint density at radius 1 is 1.04 bits per heavy atom. The number of hydrogen-bond acceptors (Lipinski definition) is 4. The number of hydrogen-bond donors (Lipinski definition) is 1. The fraction of sp³-hybridized carbons (Fsp3) is 0.389. The highest BCUT2D eigenvalue weighted by molar-refractivity contribution is 6.32. The number of nitrogens with zero attached hydrogens (tertiary/aromatic N) is 1. The van der Waals surface area contributed by atoms with E-state index in [1.165, 1.54) is 5.56 Å². The number of aromatic nitrogens is 1. The Balaban J connectivity index is 2.03. The highest BCUT2D eigenvalue weighted by atomic mass is 35.5. The maximum Gasteiger partial charge on any atom is 0.179 e. The smallest absolute Gasteiger partial charge is 0.179 e. The van der Waals surface area contributed by atoms with Crippen LogP contribution < -0.4 is 14.8 Å². The van der Waals surface area contributed by atoms with Crippen molar-refractivity contribution >= 4 is 11.6 Å². The van der Waals surface area contributed by atoms with Crippen LogP contribution in [0.1, 0.15) is 31.4 Å². The lowest BCUT2D eigenvalue weighted by molar-refractivity contribution is 0.277. The van der Waals surface area contributed by atoms with Gasteiger partial charge in [-0.25, -0.2) is 0 Å². The molecule has 0 atom stereocenters. The average molecular weight is 335 g/mol. The van der Waals surface area contributed by atoms with E-state index in [4.69, 9.17) is 21.1 Å². The van der Waals surface area contributed by atoms with Crippen molar-refractivity contribution in [3.05, 3.63) is 52.8 Å². The molecule has 0 saturated carbocycles. The van der Waals surface area contributed by atoms with Crippen molar-refractivity contribution in [3.8, 4) is 11.5 Å². The van der Waals surface area contributed by atoms with Crippen LogP contribution in [0.4, 0.5) is 0 Å². The number of pyridine rings is 1. The molecule has 5 heteroatoms. The standard InChI is InChI=1S/C18H23ClN2O2/c1-3-9-23-18-16(19)10-15(11-17(18)22-4-2)13-21-12-14-5-7-20-8-6-14/h5-8,10-11,21H,3-4,9,12-13H2,1-2H3. The van der Waals surface area contributed by atoms with E-state index in [9.17, 15) is 0 Å². The highest BCUT2D eigenvalue weighted by Crippen LogP contribution is 2.36. The number of halogens is 1. The molecule has 1 heterocycles. The predicted octanol–water partition coefficient (Wildman–Crippen LogP) is 4.21. The molecule has 124 valence electrons. The topological polar surface area (TPSA) is 43.4 Å². The van der Waals surface area contributed by atoms with E-state index in [0.717, 1.165) is 18.5 Å². The van der Waals surface area contributed by atoms with Crippen molar-refractivity contribution in [1.82, 2.24) is 10.3 Å². The predicted molar refractivity (Wildman–Crippen MR) is 93.2 cm³/mol.